The van der Waals surface area contributed by atoms with Crippen LogP contribution in [0.3, 0.4) is 0 Å². The molecular weight excluding hydrogens is 378 g/mol. The average molecular weight is 404 g/mol. The lowest BCUT2D eigenvalue weighted by molar-refractivity contribution is 0.175. The topological polar surface area (TPSA) is 44.4 Å². The van der Waals surface area contributed by atoms with E-state index in [-0.39, 0.29) is 6.03 Å². The van der Waals surface area contributed by atoms with Gasteiger partial charge >= 0.3 is 6.03 Å². The number of carbonyl (C=O) groups is 1. The standard InChI is InChI=1S/C21H26ClN3OS/c1-27-20-9-5-2-6-17(20)15-25-12-10-16(11-13-25)14-23-21(26)24-19-8-4-3-7-18(19)22/h2-9,16H,10-15H2,1H3,(H2,23,24,26). The number of nitrogens with one attached hydrogen (secondary N) is 2. The van der Waals surface area contributed by atoms with Crippen molar-refractivity contribution < 1.29 is 4.79 Å². The van der Waals surface area contributed by atoms with Crippen LogP contribution < -0.4 is 10.6 Å². The maximum absolute atomic E-state index is 12.1. The number of halogens is 1. The molecule has 2 N–H and O–H groups in total. The Bertz CT molecular complexity index is 763. The maximum atomic E-state index is 12.1. The summed E-state index contributed by atoms with van der Waals surface area (Å²) in [5.74, 6) is 0.522. The molecule has 27 heavy (non-hydrogen) atoms. The van der Waals surface area contributed by atoms with E-state index in [0.717, 1.165) is 32.5 Å². The first kappa shape index (κ1) is 20.1. The van der Waals surface area contributed by atoms with Crippen molar-refractivity contribution in [1.29, 1.82) is 0 Å². The van der Waals surface area contributed by atoms with Crippen LogP contribution in [0, 0.1) is 5.92 Å². The highest BCUT2D eigenvalue weighted by molar-refractivity contribution is 7.98. The number of rotatable bonds is 6. The minimum absolute atomic E-state index is 0.195. The molecule has 0 radical (unpaired) electrons. The fourth-order valence-corrected chi connectivity index (χ4v) is 4.18. The number of urea groups is 1. The third kappa shape index (κ3) is 5.89. The van der Waals surface area contributed by atoms with Crippen LogP contribution in [0.4, 0.5) is 10.5 Å². The fraction of sp³-hybridized carbons (Fsp3) is 0.381. The highest BCUT2D eigenvalue weighted by Crippen LogP contribution is 2.24. The molecule has 3 rings (SSSR count). The van der Waals surface area contributed by atoms with Crippen LogP contribution in [0.25, 0.3) is 0 Å². The van der Waals surface area contributed by atoms with Crippen LogP contribution in [0.1, 0.15) is 18.4 Å². The largest absolute Gasteiger partial charge is 0.338 e. The molecule has 6 heteroatoms. The van der Waals surface area contributed by atoms with Crippen molar-refractivity contribution in [1.82, 2.24) is 10.2 Å². The quantitative estimate of drug-likeness (QED) is 0.660. The first-order valence-corrected chi connectivity index (χ1v) is 10.9. The Hall–Kier alpha value is -1.69. The summed E-state index contributed by atoms with van der Waals surface area (Å²) >= 11 is 7.88. The normalized spacial score (nSPS) is 15.5. The van der Waals surface area contributed by atoms with Gasteiger partial charge in [0.05, 0.1) is 10.7 Å². The Morgan fingerprint density at radius 2 is 1.85 bits per heavy atom. The van der Waals surface area contributed by atoms with Crippen molar-refractivity contribution in [2.45, 2.75) is 24.3 Å². The van der Waals surface area contributed by atoms with E-state index in [1.165, 1.54) is 10.5 Å². The number of hydrogen-bond acceptors (Lipinski definition) is 3. The highest BCUT2D eigenvalue weighted by Gasteiger charge is 2.20. The third-order valence-electron chi connectivity index (χ3n) is 4.97. The Labute approximate surface area is 170 Å². The molecule has 1 saturated heterocycles. The van der Waals surface area contributed by atoms with Gasteiger partial charge in [0.2, 0.25) is 0 Å². The number of nitrogens with zero attached hydrogens (tertiary/aromatic N) is 1. The van der Waals surface area contributed by atoms with E-state index in [9.17, 15) is 4.79 Å². The van der Waals surface area contributed by atoms with Gasteiger partial charge in [0.1, 0.15) is 0 Å². The van der Waals surface area contributed by atoms with Gasteiger partial charge in [-0.3, -0.25) is 4.90 Å². The number of carbonyl (C=O) groups excluding carboxylic acids is 1. The van der Waals surface area contributed by atoms with Gasteiger partial charge in [0.15, 0.2) is 0 Å². The summed E-state index contributed by atoms with van der Waals surface area (Å²) < 4.78 is 0. The van der Waals surface area contributed by atoms with E-state index in [2.05, 4.69) is 46.1 Å². The SMILES string of the molecule is CSc1ccccc1CN1CCC(CNC(=O)Nc2ccccc2Cl)CC1. The summed E-state index contributed by atoms with van der Waals surface area (Å²) in [4.78, 5) is 16.0. The number of benzene rings is 2. The van der Waals surface area contributed by atoms with E-state index in [1.54, 1.807) is 23.9 Å². The predicted octanol–water partition coefficient (Wildman–Crippen LogP) is 5.10. The van der Waals surface area contributed by atoms with Crippen LogP contribution in [0.2, 0.25) is 5.02 Å². The summed E-state index contributed by atoms with van der Waals surface area (Å²) in [6.07, 6.45) is 4.34. The van der Waals surface area contributed by atoms with Crippen LogP contribution in [0.5, 0.6) is 0 Å². The van der Waals surface area contributed by atoms with E-state index >= 15 is 0 Å². The first-order valence-electron chi connectivity index (χ1n) is 9.29. The molecule has 2 aromatic carbocycles. The lowest BCUT2D eigenvalue weighted by Crippen LogP contribution is -2.39. The second kappa shape index (κ2) is 10.0. The maximum Gasteiger partial charge on any atom is 0.319 e. The molecule has 0 spiro atoms. The van der Waals surface area contributed by atoms with E-state index in [0.29, 0.717) is 23.2 Å². The van der Waals surface area contributed by atoms with Gasteiger partial charge in [0.25, 0.3) is 0 Å². The molecule has 0 unspecified atom stereocenters. The number of anilines is 1. The molecule has 1 aliphatic rings. The molecule has 0 bridgehead atoms. The van der Waals surface area contributed by atoms with Gasteiger partial charge in [-0.2, -0.15) is 0 Å². The Morgan fingerprint density at radius 1 is 1.15 bits per heavy atom. The monoisotopic (exact) mass is 403 g/mol. The van der Waals surface area contributed by atoms with Gasteiger partial charge in [-0.05, 0) is 61.9 Å². The molecule has 4 nitrogen and oxygen atoms in total. The van der Waals surface area contributed by atoms with Gasteiger partial charge in [-0.25, -0.2) is 4.79 Å². The molecule has 144 valence electrons. The number of thioether (sulfide) groups is 1. The Kier molecular flexibility index (Phi) is 7.44. The predicted molar refractivity (Wildman–Crippen MR) is 115 cm³/mol. The van der Waals surface area contributed by atoms with Crippen LogP contribution in [-0.2, 0) is 6.54 Å². The van der Waals surface area contributed by atoms with E-state index in [1.807, 2.05) is 12.1 Å². The molecular formula is C21H26ClN3OS. The number of hydrogen-bond donors (Lipinski definition) is 2. The van der Waals surface area contributed by atoms with Crippen molar-refractivity contribution in [2.75, 3.05) is 31.2 Å². The molecule has 0 aliphatic carbocycles. The zero-order chi connectivity index (χ0) is 19.1. The van der Waals surface area contributed by atoms with Crippen molar-refractivity contribution >= 4 is 35.1 Å². The fourth-order valence-electron chi connectivity index (χ4n) is 3.39. The van der Waals surface area contributed by atoms with Crippen molar-refractivity contribution in [3.63, 3.8) is 0 Å². The molecule has 0 atom stereocenters. The highest BCUT2D eigenvalue weighted by atomic mass is 35.5. The van der Waals surface area contributed by atoms with Crippen molar-refractivity contribution in [3.05, 3.63) is 59.1 Å². The van der Waals surface area contributed by atoms with Crippen LogP contribution in [-0.4, -0.2) is 36.8 Å². The van der Waals surface area contributed by atoms with E-state index < -0.39 is 0 Å². The average Bonchev–Trinajstić information content (AvgIpc) is 2.70. The summed E-state index contributed by atoms with van der Waals surface area (Å²) in [7, 11) is 0. The van der Waals surface area contributed by atoms with Crippen molar-refractivity contribution in [3.8, 4) is 0 Å². The first-order chi connectivity index (χ1) is 13.2. The zero-order valence-corrected chi connectivity index (χ0v) is 17.2. The smallest absolute Gasteiger partial charge is 0.319 e. The molecule has 1 aliphatic heterocycles. The number of piperidine rings is 1. The molecule has 0 aromatic heterocycles. The number of amides is 2. The van der Waals surface area contributed by atoms with Gasteiger partial charge < -0.3 is 10.6 Å². The summed E-state index contributed by atoms with van der Waals surface area (Å²) in [6.45, 7) is 3.85. The van der Waals surface area contributed by atoms with Gasteiger partial charge in [0, 0.05) is 18.0 Å². The zero-order valence-electron chi connectivity index (χ0n) is 15.6. The second-order valence-electron chi connectivity index (χ2n) is 6.85. The molecule has 1 heterocycles. The molecule has 1 fully saturated rings. The Balaban J connectivity index is 1.40. The molecule has 2 aromatic rings. The number of para-hydroxylation sites is 1. The molecule has 2 amide bonds. The van der Waals surface area contributed by atoms with Crippen molar-refractivity contribution in [2.24, 2.45) is 5.92 Å². The third-order valence-corrected chi connectivity index (χ3v) is 6.13. The van der Waals surface area contributed by atoms with Gasteiger partial charge in [-0.1, -0.05) is 41.9 Å². The number of likely N-dealkylation sites (tertiary alicyclic amines) is 1. The van der Waals surface area contributed by atoms with Crippen LogP contribution in [0.15, 0.2) is 53.4 Å². The second-order valence-corrected chi connectivity index (χ2v) is 8.10. The summed E-state index contributed by atoms with van der Waals surface area (Å²) in [5.41, 5.74) is 2.04. The van der Waals surface area contributed by atoms with Crippen LogP contribution >= 0.6 is 23.4 Å². The summed E-state index contributed by atoms with van der Waals surface area (Å²) in [5, 5.41) is 6.34. The minimum atomic E-state index is -0.195. The minimum Gasteiger partial charge on any atom is -0.338 e. The lowest BCUT2D eigenvalue weighted by atomic mass is 9.96. The van der Waals surface area contributed by atoms with E-state index in [4.69, 9.17) is 11.6 Å². The summed E-state index contributed by atoms with van der Waals surface area (Å²) in [6, 6.07) is 15.7. The van der Waals surface area contributed by atoms with Gasteiger partial charge in [-0.15, -0.1) is 11.8 Å². The lowest BCUT2D eigenvalue weighted by Gasteiger charge is -2.32. The Morgan fingerprint density at radius 3 is 2.59 bits per heavy atom. The molecule has 0 saturated carbocycles.